The van der Waals surface area contributed by atoms with E-state index in [1.54, 1.807) is 7.05 Å². The number of aldehydes is 1. The fourth-order valence-electron chi connectivity index (χ4n) is 1.51. The van der Waals surface area contributed by atoms with Gasteiger partial charge in [-0.05, 0) is 25.7 Å². The predicted molar refractivity (Wildman–Crippen MR) is 42.0 cm³/mol. The molecular formula is C8H15NO2. The molecule has 1 N–H and O–H groups in total. The smallest absolute Gasteiger partial charge is 0.123 e. The Hall–Kier alpha value is -0.410. The van der Waals surface area contributed by atoms with Gasteiger partial charge in [-0.1, -0.05) is 0 Å². The Morgan fingerprint density at radius 1 is 1.36 bits per heavy atom. The van der Waals surface area contributed by atoms with E-state index in [4.69, 9.17) is 4.84 Å². The molecular weight excluding hydrogens is 142 g/mol. The van der Waals surface area contributed by atoms with Crippen molar-refractivity contribution in [3.05, 3.63) is 0 Å². The Bertz CT molecular complexity index is 119. The topological polar surface area (TPSA) is 38.3 Å². The number of hydroxylamine groups is 1. The zero-order chi connectivity index (χ0) is 8.10. The summed E-state index contributed by atoms with van der Waals surface area (Å²) >= 11 is 0. The van der Waals surface area contributed by atoms with Gasteiger partial charge in [0.15, 0.2) is 0 Å². The molecule has 0 amide bonds. The third kappa shape index (κ3) is 2.60. The van der Waals surface area contributed by atoms with E-state index in [0.29, 0.717) is 6.10 Å². The van der Waals surface area contributed by atoms with E-state index in [1.165, 1.54) is 0 Å². The summed E-state index contributed by atoms with van der Waals surface area (Å²) in [6.07, 6.45) is 5.35. The van der Waals surface area contributed by atoms with E-state index in [1.807, 2.05) is 0 Å². The minimum Gasteiger partial charge on any atom is -0.303 e. The monoisotopic (exact) mass is 157 g/mol. The normalized spacial score (nSPS) is 31.7. The van der Waals surface area contributed by atoms with Crippen LogP contribution in [0.5, 0.6) is 0 Å². The summed E-state index contributed by atoms with van der Waals surface area (Å²) in [7, 11) is 1.77. The van der Waals surface area contributed by atoms with Crippen molar-refractivity contribution in [2.45, 2.75) is 31.8 Å². The van der Waals surface area contributed by atoms with Crippen LogP contribution in [-0.2, 0) is 9.63 Å². The van der Waals surface area contributed by atoms with Crippen molar-refractivity contribution in [1.29, 1.82) is 0 Å². The maximum atomic E-state index is 10.4. The van der Waals surface area contributed by atoms with Gasteiger partial charge in [0, 0.05) is 13.0 Å². The van der Waals surface area contributed by atoms with Crippen LogP contribution >= 0.6 is 0 Å². The Morgan fingerprint density at radius 3 is 2.45 bits per heavy atom. The summed E-state index contributed by atoms with van der Waals surface area (Å²) in [5.74, 6) is 0.284. The highest BCUT2D eigenvalue weighted by Crippen LogP contribution is 2.23. The van der Waals surface area contributed by atoms with Crippen molar-refractivity contribution in [2.75, 3.05) is 7.05 Å². The number of hydrogen-bond donors (Lipinski definition) is 1. The molecule has 0 aromatic rings. The fourth-order valence-corrected chi connectivity index (χ4v) is 1.51. The Kier molecular flexibility index (Phi) is 3.52. The minimum absolute atomic E-state index is 0.284. The summed E-state index contributed by atoms with van der Waals surface area (Å²) in [4.78, 5) is 15.6. The highest BCUT2D eigenvalue weighted by molar-refractivity contribution is 5.53. The van der Waals surface area contributed by atoms with Crippen molar-refractivity contribution in [3.63, 3.8) is 0 Å². The van der Waals surface area contributed by atoms with Crippen LogP contribution in [0.1, 0.15) is 25.7 Å². The number of nitrogens with one attached hydrogen (secondary N) is 1. The Balaban J connectivity index is 2.18. The molecule has 1 fully saturated rings. The lowest BCUT2D eigenvalue weighted by Crippen LogP contribution is -2.26. The molecule has 0 saturated heterocycles. The number of carbonyl (C=O) groups is 1. The van der Waals surface area contributed by atoms with E-state index in [-0.39, 0.29) is 5.92 Å². The molecule has 11 heavy (non-hydrogen) atoms. The molecule has 0 atom stereocenters. The third-order valence-corrected chi connectivity index (χ3v) is 2.20. The van der Waals surface area contributed by atoms with Crippen LogP contribution in [0.25, 0.3) is 0 Å². The standard InChI is InChI=1S/C8H15NO2/c1-9-11-8-4-2-7(6-10)3-5-8/h6-9H,2-5H2,1H3. The number of hydrogen-bond acceptors (Lipinski definition) is 3. The summed E-state index contributed by atoms with van der Waals surface area (Å²) in [5.41, 5.74) is 2.68. The molecule has 1 saturated carbocycles. The lowest BCUT2D eigenvalue weighted by Gasteiger charge is -2.24. The molecule has 0 spiro atoms. The zero-order valence-electron chi connectivity index (χ0n) is 6.88. The average Bonchev–Trinajstić information content (AvgIpc) is 2.07. The lowest BCUT2D eigenvalue weighted by atomic mass is 9.89. The van der Waals surface area contributed by atoms with Crippen molar-refractivity contribution >= 4 is 6.29 Å². The first-order valence-electron chi connectivity index (χ1n) is 4.14. The quantitative estimate of drug-likeness (QED) is 0.488. The van der Waals surface area contributed by atoms with Crippen LogP contribution in [0.3, 0.4) is 0 Å². The van der Waals surface area contributed by atoms with Crippen LogP contribution in [0.4, 0.5) is 0 Å². The molecule has 1 aliphatic rings. The van der Waals surface area contributed by atoms with Crippen LogP contribution in [-0.4, -0.2) is 19.4 Å². The van der Waals surface area contributed by atoms with E-state index >= 15 is 0 Å². The first-order valence-corrected chi connectivity index (χ1v) is 4.14. The third-order valence-electron chi connectivity index (χ3n) is 2.20. The van der Waals surface area contributed by atoms with E-state index in [0.717, 1.165) is 32.0 Å². The first-order chi connectivity index (χ1) is 5.36. The van der Waals surface area contributed by atoms with Gasteiger partial charge in [0.2, 0.25) is 0 Å². The summed E-state index contributed by atoms with van der Waals surface area (Å²) < 4.78 is 0. The Morgan fingerprint density at radius 2 is 2.00 bits per heavy atom. The second-order valence-electron chi connectivity index (χ2n) is 2.99. The van der Waals surface area contributed by atoms with Crippen LogP contribution in [0.2, 0.25) is 0 Å². The second kappa shape index (κ2) is 4.46. The predicted octanol–water partition coefficient (Wildman–Crippen LogP) is 0.895. The maximum Gasteiger partial charge on any atom is 0.123 e. The minimum atomic E-state index is 0.284. The van der Waals surface area contributed by atoms with Crippen molar-refractivity contribution < 1.29 is 9.63 Å². The van der Waals surface area contributed by atoms with E-state index < -0.39 is 0 Å². The van der Waals surface area contributed by atoms with E-state index in [9.17, 15) is 4.79 Å². The molecule has 0 radical (unpaired) electrons. The molecule has 0 aromatic carbocycles. The van der Waals surface area contributed by atoms with Crippen molar-refractivity contribution in [3.8, 4) is 0 Å². The zero-order valence-corrected chi connectivity index (χ0v) is 6.88. The van der Waals surface area contributed by atoms with Gasteiger partial charge in [0.05, 0.1) is 6.10 Å². The summed E-state index contributed by atoms with van der Waals surface area (Å²) in [5, 5.41) is 0. The van der Waals surface area contributed by atoms with Gasteiger partial charge < -0.3 is 4.79 Å². The molecule has 0 unspecified atom stereocenters. The lowest BCUT2D eigenvalue weighted by molar-refractivity contribution is -0.113. The van der Waals surface area contributed by atoms with Crippen molar-refractivity contribution in [2.24, 2.45) is 5.92 Å². The average molecular weight is 157 g/mol. The van der Waals surface area contributed by atoms with Crippen LogP contribution in [0.15, 0.2) is 0 Å². The Labute approximate surface area is 67.1 Å². The van der Waals surface area contributed by atoms with Gasteiger partial charge in [-0.2, -0.15) is 0 Å². The molecule has 0 heterocycles. The highest BCUT2D eigenvalue weighted by atomic mass is 16.7. The molecule has 3 nitrogen and oxygen atoms in total. The summed E-state index contributed by atoms with van der Waals surface area (Å²) in [6.45, 7) is 0. The molecule has 1 rings (SSSR count). The van der Waals surface area contributed by atoms with Gasteiger partial charge in [0.1, 0.15) is 6.29 Å². The molecule has 64 valence electrons. The molecule has 1 aliphatic carbocycles. The largest absolute Gasteiger partial charge is 0.303 e. The van der Waals surface area contributed by atoms with Gasteiger partial charge in [-0.25, -0.2) is 5.48 Å². The van der Waals surface area contributed by atoms with Crippen LogP contribution in [0, 0.1) is 5.92 Å². The second-order valence-corrected chi connectivity index (χ2v) is 2.99. The molecule has 0 bridgehead atoms. The SMILES string of the molecule is CNOC1CCC(C=O)CC1. The highest BCUT2D eigenvalue weighted by Gasteiger charge is 2.20. The van der Waals surface area contributed by atoms with Gasteiger partial charge in [0.25, 0.3) is 0 Å². The van der Waals surface area contributed by atoms with Gasteiger partial charge in [-0.3, -0.25) is 4.84 Å². The molecule has 0 aromatic heterocycles. The fraction of sp³-hybridized carbons (Fsp3) is 0.875. The summed E-state index contributed by atoms with van der Waals surface area (Å²) in [6, 6.07) is 0. The van der Waals surface area contributed by atoms with Gasteiger partial charge in [-0.15, -0.1) is 0 Å². The van der Waals surface area contributed by atoms with Crippen LogP contribution < -0.4 is 5.48 Å². The first kappa shape index (κ1) is 8.68. The number of rotatable bonds is 3. The number of carbonyl (C=O) groups excluding carboxylic acids is 1. The van der Waals surface area contributed by atoms with E-state index in [2.05, 4.69) is 5.48 Å². The van der Waals surface area contributed by atoms with Crippen molar-refractivity contribution in [1.82, 2.24) is 5.48 Å². The maximum absolute atomic E-state index is 10.4. The van der Waals surface area contributed by atoms with Gasteiger partial charge >= 0.3 is 0 Å². The molecule has 0 aliphatic heterocycles. The molecule has 3 heteroatoms.